The highest BCUT2D eigenvalue weighted by molar-refractivity contribution is 9.10. The number of rotatable bonds is 12. The van der Waals surface area contributed by atoms with Gasteiger partial charge in [0.15, 0.2) is 11.6 Å². The van der Waals surface area contributed by atoms with Crippen LogP contribution in [-0.4, -0.2) is 48.9 Å². The van der Waals surface area contributed by atoms with Gasteiger partial charge in [0.1, 0.15) is 12.4 Å². The summed E-state index contributed by atoms with van der Waals surface area (Å²) in [6.07, 6.45) is 0.0762. The number of hydrogen-bond acceptors (Lipinski definition) is 6. The number of aliphatic imine (C=N–C) groups is 1. The molecule has 3 aromatic rings. The van der Waals surface area contributed by atoms with Gasteiger partial charge in [0.25, 0.3) is 5.91 Å². The summed E-state index contributed by atoms with van der Waals surface area (Å²) < 4.78 is 25.7. The highest BCUT2D eigenvalue weighted by Crippen LogP contribution is 2.42. The number of hydrazine groups is 1. The maximum atomic E-state index is 13.7. The first-order valence-corrected chi connectivity index (χ1v) is 12.8. The van der Waals surface area contributed by atoms with E-state index in [4.69, 9.17) is 19.6 Å². The first-order valence-electron chi connectivity index (χ1n) is 12.0. The summed E-state index contributed by atoms with van der Waals surface area (Å²) in [5.74, 6) is 0.562. The van der Waals surface area contributed by atoms with Crippen LogP contribution in [0.25, 0.3) is 0 Å². The minimum Gasteiger partial charge on any atom is -0.494 e. The molecule has 37 heavy (non-hydrogen) atoms. The SMILES string of the molecule is O=C(NNCCF)[C@@]1(Cc2ccccc2)N=C(c2ccc(OCCCO)cc2)O[C@H]1c1ccc(Br)cc1. The zero-order chi connectivity index (χ0) is 26.1. The van der Waals surface area contributed by atoms with Crippen LogP contribution in [0.5, 0.6) is 5.75 Å². The van der Waals surface area contributed by atoms with Gasteiger partial charge in [-0.25, -0.2) is 14.8 Å². The molecular weight excluding hydrogens is 541 g/mol. The second kappa shape index (κ2) is 12.8. The van der Waals surface area contributed by atoms with Crippen LogP contribution < -0.4 is 15.6 Å². The smallest absolute Gasteiger partial charge is 0.266 e. The van der Waals surface area contributed by atoms with Crippen LogP contribution in [0.3, 0.4) is 0 Å². The number of nitrogens with one attached hydrogen (secondary N) is 2. The van der Waals surface area contributed by atoms with E-state index in [1.807, 2.05) is 66.7 Å². The third-order valence-electron chi connectivity index (χ3n) is 5.94. The molecule has 194 valence electrons. The van der Waals surface area contributed by atoms with E-state index in [-0.39, 0.29) is 19.6 Å². The number of carbonyl (C=O) groups is 1. The zero-order valence-corrected chi connectivity index (χ0v) is 21.8. The van der Waals surface area contributed by atoms with Crippen LogP contribution in [-0.2, 0) is 16.0 Å². The van der Waals surface area contributed by atoms with Gasteiger partial charge < -0.3 is 14.6 Å². The van der Waals surface area contributed by atoms with Crippen LogP contribution in [0.15, 0.2) is 88.3 Å². The number of carbonyl (C=O) groups excluding carboxylic acids is 1. The summed E-state index contributed by atoms with van der Waals surface area (Å²) in [5.41, 5.74) is 6.31. The first-order chi connectivity index (χ1) is 18.1. The Bertz CT molecular complexity index is 1190. The molecule has 1 aliphatic heterocycles. The Labute approximate surface area is 223 Å². The van der Waals surface area contributed by atoms with E-state index in [0.717, 1.165) is 15.6 Å². The molecule has 0 aromatic heterocycles. The monoisotopic (exact) mass is 569 g/mol. The largest absolute Gasteiger partial charge is 0.494 e. The van der Waals surface area contributed by atoms with Crippen LogP contribution in [0.2, 0.25) is 0 Å². The average molecular weight is 570 g/mol. The number of benzene rings is 3. The van der Waals surface area contributed by atoms with E-state index in [0.29, 0.717) is 30.2 Å². The van der Waals surface area contributed by atoms with Crippen molar-refractivity contribution in [3.05, 3.63) is 100 Å². The number of ether oxygens (including phenoxy) is 2. The van der Waals surface area contributed by atoms with Gasteiger partial charge in [-0.15, -0.1) is 0 Å². The van der Waals surface area contributed by atoms with Crippen molar-refractivity contribution < 1.29 is 23.8 Å². The number of hydrogen-bond donors (Lipinski definition) is 3. The van der Waals surface area contributed by atoms with E-state index in [1.54, 1.807) is 12.1 Å². The van der Waals surface area contributed by atoms with Crippen molar-refractivity contribution in [1.29, 1.82) is 0 Å². The zero-order valence-electron chi connectivity index (χ0n) is 20.2. The number of halogens is 2. The molecule has 0 unspecified atom stereocenters. The van der Waals surface area contributed by atoms with E-state index in [9.17, 15) is 9.18 Å². The minimum atomic E-state index is -1.36. The molecular formula is C28H29BrFN3O4. The van der Waals surface area contributed by atoms with Crippen LogP contribution >= 0.6 is 15.9 Å². The average Bonchev–Trinajstić information content (AvgIpc) is 3.30. The lowest BCUT2D eigenvalue weighted by Crippen LogP contribution is -2.54. The minimum absolute atomic E-state index is 0.0225. The predicted octanol–water partition coefficient (Wildman–Crippen LogP) is 4.30. The molecule has 3 aromatic carbocycles. The van der Waals surface area contributed by atoms with Crippen LogP contribution in [0.1, 0.15) is 29.2 Å². The van der Waals surface area contributed by atoms with Gasteiger partial charge in [-0.05, 0) is 47.5 Å². The summed E-state index contributed by atoms with van der Waals surface area (Å²) in [4.78, 5) is 18.7. The lowest BCUT2D eigenvalue weighted by atomic mass is 9.82. The molecule has 0 radical (unpaired) electrons. The summed E-state index contributed by atoms with van der Waals surface area (Å²) in [6.45, 7) is -0.178. The molecule has 9 heteroatoms. The Morgan fingerprint density at radius 2 is 1.81 bits per heavy atom. The molecule has 4 rings (SSSR count). The quantitative estimate of drug-likeness (QED) is 0.223. The Morgan fingerprint density at radius 1 is 1.08 bits per heavy atom. The maximum absolute atomic E-state index is 13.7. The van der Waals surface area contributed by atoms with Crippen molar-refractivity contribution in [3.8, 4) is 5.75 Å². The molecule has 0 saturated carbocycles. The molecule has 7 nitrogen and oxygen atoms in total. The fourth-order valence-electron chi connectivity index (χ4n) is 4.13. The lowest BCUT2D eigenvalue weighted by Gasteiger charge is -2.30. The molecule has 2 atom stereocenters. The Kier molecular flexibility index (Phi) is 9.27. The summed E-state index contributed by atoms with van der Waals surface area (Å²) in [6, 6.07) is 24.4. The fraction of sp³-hybridized carbons (Fsp3) is 0.286. The van der Waals surface area contributed by atoms with Crippen LogP contribution in [0.4, 0.5) is 4.39 Å². The highest BCUT2D eigenvalue weighted by atomic mass is 79.9. The number of aliphatic hydroxyl groups excluding tert-OH is 1. The van der Waals surface area contributed by atoms with Crippen molar-refractivity contribution in [1.82, 2.24) is 10.9 Å². The molecule has 0 fully saturated rings. The molecule has 1 aliphatic rings. The van der Waals surface area contributed by atoms with Crippen molar-refractivity contribution in [2.75, 3.05) is 26.4 Å². The van der Waals surface area contributed by atoms with Crippen molar-refractivity contribution in [2.45, 2.75) is 24.5 Å². The van der Waals surface area contributed by atoms with E-state index < -0.39 is 24.2 Å². The lowest BCUT2D eigenvalue weighted by molar-refractivity contribution is -0.130. The fourth-order valence-corrected chi connectivity index (χ4v) is 4.39. The molecule has 0 spiro atoms. The molecule has 0 aliphatic carbocycles. The predicted molar refractivity (Wildman–Crippen MR) is 143 cm³/mol. The van der Waals surface area contributed by atoms with Crippen molar-refractivity contribution in [2.24, 2.45) is 4.99 Å². The van der Waals surface area contributed by atoms with Gasteiger partial charge in [0.2, 0.25) is 5.90 Å². The second-order valence-electron chi connectivity index (χ2n) is 8.57. The van der Waals surface area contributed by atoms with Crippen molar-refractivity contribution >= 4 is 27.7 Å². The molecule has 0 bridgehead atoms. The van der Waals surface area contributed by atoms with Crippen molar-refractivity contribution in [3.63, 3.8) is 0 Å². The van der Waals surface area contributed by atoms with Gasteiger partial charge in [0.05, 0.1) is 6.61 Å². The van der Waals surface area contributed by atoms with Gasteiger partial charge in [-0.1, -0.05) is 58.4 Å². The van der Waals surface area contributed by atoms with Crippen LogP contribution in [0, 0.1) is 0 Å². The topological polar surface area (TPSA) is 92.2 Å². The number of amides is 1. The number of alkyl halides is 1. The Hall–Kier alpha value is -3.27. The molecule has 1 amide bonds. The molecule has 1 heterocycles. The third-order valence-corrected chi connectivity index (χ3v) is 6.47. The van der Waals surface area contributed by atoms with Gasteiger partial charge in [0, 0.05) is 36.0 Å². The second-order valence-corrected chi connectivity index (χ2v) is 9.49. The first kappa shape index (κ1) is 26.8. The van der Waals surface area contributed by atoms with Gasteiger partial charge >= 0.3 is 0 Å². The Morgan fingerprint density at radius 3 is 2.49 bits per heavy atom. The highest BCUT2D eigenvalue weighted by Gasteiger charge is 2.53. The molecule has 3 N–H and O–H groups in total. The third kappa shape index (κ3) is 6.54. The summed E-state index contributed by atoms with van der Waals surface area (Å²) in [5, 5.41) is 8.96. The summed E-state index contributed by atoms with van der Waals surface area (Å²) >= 11 is 3.47. The number of nitrogens with zero attached hydrogens (tertiary/aromatic N) is 1. The number of aliphatic hydroxyl groups is 1. The van der Waals surface area contributed by atoms with E-state index in [1.165, 1.54) is 0 Å². The normalized spacial score (nSPS) is 18.7. The van der Waals surface area contributed by atoms with E-state index >= 15 is 0 Å². The summed E-state index contributed by atoms with van der Waals surface area (Å²) in [7, 11) is 0. The molecule has 0 saturated heterocycles. The standard InChI is InChI=1S/C28H29BrFN3O4/c29-23-11-7-21(8-12-23)25-28(27(35)33-31-16-15-30,19-20-5-2-1-3-6-20)32-26(37-25)22-9-13-24(14-10-22)36-18-4-17-34/h1-3,5-14,25,31,34H,4,15-19H2,(H,33,35)/t25-,28-/m0/s1. The van der Waals surface area contributed by atoms with E-state index in [2.05, 4.69) is 26.8 Å². The Balaban J connectivity index is 1.74. The maximum Gasteiger partial charge on any atom is 0.266 e. The van der Waals surface area contributed by atoms with Gasteiger partial charge in [-0.3, -0.25) is 10.2 Å². The van der Waals surface area contributed by atoms with Gasteiger partial charge in [-0.2, -0.15) is 0 Å².